The van der Waals surface area contributed by atoms with E-state index >= 15 is 0 Å². The van der Waals surface area contributed by atoms with Crippen molar-refractivity contribution in [1.29, 1.82) is 0 Å². The van der Waals surface area contributed by atoms with E-state index in [1.807, 2.05) is 0 Å². The van der Waals surface area contributed by atoms with Gasteiger partial charge in [0, 0.05) is 11.3 Å². The second-order valence-electron chi connectivity index (χ2n) is 5.79. The molecule has 1 saturated carbocycles. The first-order valence-corrected chi connectivity index (χ1v) is 7.40. The van der Waals surface area contributed by atoms with Crippen molar-refractivity contribution < 1.29 is 13.6 Å². The van der Waals surface area contributed by atoms with Gasteiger partial charge in [-0.3, -0.25) is 4.79 Å². The molecule has 2 atom stereocenters. The highest BCUT2D eigenvalue weighted by atomic mass is 19.1. The Balaban J connectivity index is 1.84. The van der Waals surface area contributed by atoms with Crippen LogP contribution < -0.4 is 0 Å². The molecule has 1 aromatic carbocycles. The highest BCUT2D eigenvalue weighted by Crippen LogP contribution is 2.34. The topological polar surface area (TPSA) is 30.2 Å². The van der Waals surface area contributed by atoms with Crippen LogP contribution in [0.5, 0.6) is 0 Å². The fourth-order valence-corrected chi connectivity index (χ4v) is 3.24. The van der Waals surface area contributed by atoms with Crippen LogP contribution in [0, 0.1) is 17.7 Å². The van der Waals surface area contributed by atoms with Gasteiger partial charge in [-0.05, 0) is 43.0 Å². The Bertz CT molecular complexity index is 629. The van der Waals surface area contributed by atoms with Crippen LogP contribution in [0.15, 0.2) is 28.7 Å². The maximum Gasteiger partial charge on any atom is 0.201 e. The van der Waals surface area contributed by atoms with Crippen molar-refractivity contribution in [1.82, 2.24) is 0 Å². The summed E-state index contributed by atoms with van der Waals surface area (Å²) in [5, 5.41) is 0.663. The highest BCUT2D eigenvalue weighted by molar-refractivity contribution is 5.99. The van der Waals surface area contributed by atoms with E-state index in [9.17, 15) is 9.18 Å². The van der Waals surface area contributed by atoms with Gasteiger partial charge in [0.2, 0.25) is 5.78 Å². The van der Waals surface area contributed by atoms with Gasteiger partial charge in [-0.2, -0.15) is 0 Å². The van der Waals surface area contributed by atoms with Gasteiger partial charge in [0.1, 0.15) is 11.4 Å². The van der Waals surface area contributed by atoms with Crippen molar-refractivity contribution in [2.75, 3.05) is 0 Å². The summed E-state index contributed by atoms with van der Waals surface area (Å²) in [5.74, 6) is 0.881. The zero-order valence-electron chi connectivity index (χ0n) is 11.7. The summed E-state index contributed by atoms with van der Waals surface area (Å²) >= 11 is 0. The number of halogens is 1. The molecule has 1 aromatic heterocycles. The molecule has 2 unspecified atom stereocenters. The zero-order valence-corrected chi connectivity index (χ0v) is 11.7. The maximum absolute atomic E-state index is 13.2. The summed E-state index contributed by atoms with van der Waals surface area (Å²) in [4.78, 5) is 12.5. The van der Waals surface area contributed by atoms with Gasteiger partial charge in [0.15, 0.2) is 5.76 Å². The Morgan fingerprint density at radius 1 is 1.35 bits per heavy atom. The molecule has 2 nitrogen and oxygen atoms in total. The maximum atomic E-state index is 13.2. The molecule has 2 aromatic rings. The molecule has 1 aliphatic carbocycles. The Morgan fingerprint density at radius 3 is 3.00 bits per heavy atom. The Hall–Kier alpha value is -1.64. The van der Waals surface area contributed by atoms with E-state index in [-0.39, 0.29) is 17.5 Å². The number of rotatable bonds is 3. The van der Waals surface area contributed by atoms with E-state index < -0.39 is 0 Å². The lowest BCUT2D eigenvalue weighted by Crippen LogP contribution is -2.22. The van der Waals surface area contributed by atoms with Gasteiger partial charge in [-0.1, -0.05) is 26.2 Å². The minimum Gasteiger partial charge on any atom is -0.453 e. The van der Waals surface area contributed by atoms with E-state index in [2.05, 4.69) is 6.92 Å². The first-order chi connectivity index (χ1) is 9.67. The Kier molecular flexibility index (Phi) is 3.60. The number of carbonyl (C=O) groups excluding carboxylic acids is 1. The largest absolute Gasteiger partial charge is 0.453 e. The molecule has 0 saturated heterocycles. The SMILES string of the molecule is CCC1CCCC(C(=O)c2cc3cc(F)ccc3o2)C1. The van der Waals surface area contributed by atoms with Crippen molar-refractivity contribution in [3.8, 4) is 0 Å². The zero-order chi connectivity index (χ0) is 14.1. The normalized spacial score (nSPS) is 23.1. The summed E-state index contributed by atoms with van der Waals surface area (Å²) in [7, 11) is 0. The Labute approximate surface area is 118 Å². The van der Waals surface area contributed by atoms with E-state index in [1.54, 1.807) is 12.1 Å². The number of benzene rings is 1. The fourth-order valence-electron chi connectivity index (χ4n) is 3.24. The standard InChI is InChI=1S/C17H19FO2/c1-2-11-4-3-5-12(8-11)17(19)16-10-13-9-14(18)6-7-15(13)20-16/h6-7,9-12H,2-5,8H2,1H3. The second-order valence-corrected chi connectivity index (χ2v) is 5.79. The molecule has 20 heavy (non-hydrogen) atoms. The monoisotopic (exact) mass is 274 g/mol. The molecule has 106 valence electrons. The van der Waals surface area contributed by atoms with Gasteiger partial charge in [0.05, 0.1) is 0 Å². The minimum absolute atomic E-state index is 0.0686. The van der Waals surface area contributed by atoms with Crippen molar-refractivity contribution in [2.24, 2.45) is 11.8 Å². The summed E-state index contributed by atoms with van der Waals surface area (Å²) in [6.07, 6.45) is 5.38. The molecule has 1 aliphatic rings. The third kappa shape index (κ3) is 2.49. The number of Topliss-reactive ketones (excluding diaryl/α,β-unsaturated/α-hetero) is 1. The van der Waals surface area contributed by atoms with Crippen LogP contribution >= 0.6 is 0 Å². The molecule has 0 bridgehead atoms. The smallest absolute Gasteiger partial charge is 0.201 e. The van der Waals surface area contributed by atoms with Crippen LogP contribution in [0.25, 0.3) is 11.0 Å². The van der Waals surface area contributed by atoms with Gasteiger partial charge in [0.25, 0.3) is 0 Å². The van der Waals surface area contributed by atoms with Crippen LogP contribution in [0.1, 0.15) is 49.6 Å². The van der Waals surface area contributed by atoms with Crippen LogP contribution in [0.3, 0.4) is 0 Å². The molecule has 0 radical (unpaired) electrons. The van der Waals surface area contributed by atoms with Gasteiger partial charge < -0.3 is 4.42 Å². The van der Waals surface area contributed by atoms with E-state index in [0.29, 0.717) is 22.6 Å². The third-order valence-electron chi connectivity index (χ3n) is 4.45. The number of furan rings is 1. The highest BCUT2D eigenvalue weighted by Gasteiger charge is 2.29. The number of carbonyl (C=O) groups is 1. The van der Waals surface area contributed by atoms with E-state index in [4.69, 9.17) is 4.42 Å². The van der Waals surface area contributed by atoms with Gasteiger partial charge in [-0.15, -0.1) is 0 Å². The van der Waals surface area contributed by atoms with Crippen LogP contribution in [-0.2, 0) is 0 Å². The molecular weight excluding hydrogens is 255 g/mol. The van der Waals surface area contributed by atoms with Gasteiger partial charge >= 0.3 is 0 Å². The molecule has 0 N–H and O–H groups in total. The summed E-state index contributed by atoms with van der Waals surface area (Å²) in [6.45, 7) is 2.18. The van der Waals surface area contributed by atoms with Crippen LogP contribution in [0.4, 0.5) is 4.39 Å². The lowest BCUT2D eigenvalue weighted by atomic mass is 9.78. The number of fused-ring (bicyclic) bond motifs is 1. The molecule has 1 fully saturated rings. The van der Waals surface area contributed by atoms with Crippen molar-refractivity contribution in [2.45, 2.75) is 39.0 Å². The van der Waals surface area contributed by atoms with Crippen molar-refractivity contribution in [3.63, 3.8) is 0 Å². The third-order valence-corrected chi connectivity index (χ3v) is 4.45. The quantitative estimate of drug-likeness (QED) is 0.739. The minimum atomic E-state index is -0.305. The number of hydrogen-bond donors (Lipinski definition) is 0. The molecule has 3 heteroatoms. The first-order valence-electron chi connectivity index (χ1n) is 7.40. The van der Waals surface area contributed by atoms with E-state index in [0.717, 1.165) is 25.7 Å². The Morgan fingerprint density at radius 2 is 2.20 bits per heavy atom. The van der Waals surface area contributed by atoms with Crippen molar-refractivity contribution in [3.05, 3.63) is 35.8 Å². The van der Waals surface area contributed by atoms with E-state index in [1.165, 1.54) is 18.6 Å². The fraction of sp³-hybridized carbons (Fsp3) is 0.471. The predicted octanol–water partition coefficient (Wildman–Crippen LogP) is 4.97. The van der Waals surface area contributed by atoms with Crippen LogP contribution in [0.2, 0.25) is 0 Å². The molecule has 0 aliphatic heterocycles. The van der Waals surface area contributed by atoms with Crippen molar-refractivity contribution >= 4 is 16.8 Å². The lowest BCUT2D eigenvalue weighted by molar-refractivity contribution is 0.0835. The molecule has 0 amide bonds. The average molecular weight is 274 g/mol. The van der Waals surface area contributed by atoms with Crippen LogP contribution in [-0.4, -0.2) is 5.78 Å². The second kappa shape index (κ2) is 5.39. The first kappa shape index (κ1) is 13.3. The van der Waals surface area contributed by atoms with Gasteiger partial charge in [-0.25, -0.2) is 4.39 Å². The summed E-state index contributed by atoms with van der Waals surface area (Å²) < 4.78 is 18.8. The molecule has 3 rings (SSSR count). The number of ketones is 1. The summed E-state index contributed by atoms with van der Waals surface area (Å²) in [6, 6.07) is 6.02. The molecule has 0 spiro atoms. The molecular formula is C17H19FO2. The predicted molar refractivity (Wildman–Crippen MR) is 76.2 cm³/mol. The molecule has 1 heterocycles. The summed E-state index contributed by atoms with van der Waals surface area (Å²) in [5.41, 5.74) is 0.581. The lowest BCUT2D eigenvalue weighted by Gasteiger charge is -2.26. The number of hydrogen-bond acceptors (Lipinski definition) is 2. The average Bonchev–Trinajstić information content (AvgIpc) is 2.89.